The maximum absolute atomic E-state index is 4.03. The number of nitrogens with zero attached hydrogens (tertiary/aromatic N) is 2. The minimum absolute atomic E-state index is 0.490. The highest BCUT2D eigenvalue weighted by Gasteiger charge is 2.19. The van der Waals surface area contributed by atoms with Gasteiger partial charge >= 0.3 is 0 Å². The number of fused-ring (bicyclic) bond motifs is 1. The molecule has 2 aromatic rings. The molecule has 0 atom stereocenters. The standard InChI is InChI=1S/C9H11N5/c1-2-10-9-7(1)8(5-13-14-9)6-3-11-12-4-6/h1-2,5-6,11-12H,3-4H2,(H,10,14). The molecule has 3 heterocycles. The highest BCUT2D eigenvalue weighted by molar-refractivity contribution is 5.79. The van der Waals surface area contributed by atoms with E-state index in [9.17, 15) is 0 Å². The van der Waals surface area contributed by atoms with Crippen molar-refractivity contribution < 1.29 is 0 Å². The number of nitrogens with one attached hydrogen (secondary N) is 3. The zero-order chi connectivity index (χ0) is 9.38. The third-order valence-electron chi connectivity index (χ3n) is 2.65. The molecule has 0 unspecified atom stereocenters. The number of hydrogen-bond donors (Lipinski definition) is 3. The maximum Gasteiger partial charge on any atom is 0.160 e. The Labute approximate surface area is 80.9 Å². The molecule has 2 aromatic heterocycles. The van der Waals surface area contributed by atoms with Gasteiger partial charge in [-0.25, -0.2) is 0 Å². The molecule has 5 nitrogen and oxygen atoms in total. The topological polar surface area (TPSA) is 65.6 Å². The van der Waals surface area contributed by atoms with E-state index in [-0.39, 0.29) is 0 Å². The zero-order valence-electron chi connectivity index (χ0n) is 7.62. The average molecular weight is 189 g/mol. The molecule has 0 bridgehead atoms. The quantitative estimate of drug-likeness (QED) is 0.597. The molecule has 1 fully saturated rings. The highest BCUT2D eigenvalue weighted by Crippen LogP contribution is 2.23. The van der Waals surface area contributed by atoms with Gasteiger partial charge in [0.25, 0.3) is 0 Å². The Balaban J connectivity index is 2.14. The van der Waals surface area contributed by atoms with Crippen LogP contribution in [0.15, 0.2) is 18.5 Å². The van der Waals surface area contributed by atoms with Gasteiger partial charge in [-0.2, -0.15) is 5.10 Å². The van der Waals surface area contributed by atoms with Crippen LogP contribution < -0.4 is 10.9 Å². The monoisotopic (exact) mass is 189 g/mol. The van der Waals surface area contributed by atoms with Crippen LogP contribution in [0.3, 0.4) is 0 Å². The van der Waals surface area contributed by atoms with Gasteiger partial charge in [-0.3, -0.25) is 10.9 Å². The van der Waals surface area contributed by atoms with Crippen LogP contribution in [0, 0.1) is 0 Å². The van der Waals surface area contributed by atoms with Crippen LogP contribution in [-0.2, 0) is 0 Å². The van der Waals surface area contributed by atoms with E-state index in [0.717, 1.165) is 18.7 Å². The second-order valence-corrected chi connectivity index (χ2v) is 3.50. The molecule has 0 aliphatic carbocycles. The van der Waals surface area contributed by atoms with Crippen molar-refractivity contribution in [1.29, 1.82) is 0 Å². The van der Waals surface area contributed by atoms with E-state index in [2.05, 4.69) is 32.1 Å². The number of H-pyrrole nitrogens is 1. The van der Waals surface area contributed by atoms with Crippen molar-refractivity contribution in [2.75, 3.05) is 13.1 Å². The summed E-state index contributed by atoms with van der Waals surface area (Å²) in [5, 5.41) is 9.20. The van der Waals surface area contributed by atoms with Crippen LogP contribution >= 0.6 is 0 Å². The Kier molecular flexibility index (Phi) is 1.71. The lowest BCUT2D eigenvalue weighted by Gasteiger charge is -2.07. The van der Waals surface area contributed by atoms with E-state index in [0.29, 0.717) is 5.92 Å². The SMILES string of the molecule is c1cc2c(C3CNNC3)cnnc2[nH]1. The van der Waals surface area contributed by atoms with Crippen molar-refractivity contribution in [2.24, 2.45) is 0 Å². The van der Waals surface area contributed by atoms with Crippen molar-refractivity contribution in [1.82, 2.24) is 26.0 Å². The fourth-order valence-corrected chi connectivity index (χ4v) is 1.90. The predicted octanol–water partition coefficient (Wildman–Crippen LogP) is 0.149. The molecule has 5 heteroatoms. The summed E-state index contributed by atoms with van der Waals surface area (Å²) in [6.07, 6.45) is 3.76. The molecule has 1 aliphatic heterocycles. The Bertz CT molecular complexity index is 443. The van der Waals surface area contributed by atoms with E-state index < -0.39 is 0 Å². The van der Waals surface area contributed by atoms with Crippen molar-refractivity contribution in [3.8, 4) is 0 Å². The molecule has 14 heavy (non-hydrogen) atoms. The lowest BCUT2D eigenvalue weighted by molar-refractivity contribution is 0.689. The summed E-state index contributed by atoms with van der Waals surface area (Å²) in [4.78, 5) is 3.07. The highest BCUT2D eigenvalue weighted by atomic mass is 15.4. The van der Waals surface area contributed by atoms with Gasteiger partial charge in [0.15, 0.2) is 5.65 Å². The van der Waals surface area contributed by atoms with E-state index in [4.69, 9.17) is 0 Å². The molecular formula is C9H11N5. The van der Waals surface area contributed by atoms with Gasteiger partial charge in [0, 0.05) is 30.6 Å². The summed E-state index contributed by atoms with van der Waals surface area (Å²) < 4.78 is 0. The van der Waals surface area contributed by atoms with Crippen LogP contribution in [-0.4, -0.2) is 28.3 Å². The van der Waals surface area contributed by atoms with Crippen molar-refractivity contribution in [3.63, 3.8) is 0 Å². The number of hydrogen-bond acceptors (Lipinski definition) is 4. The number of aromatic nitrogens is 3. The number of hydrazine groups is 1. The molecule has 0 amide bonds. The Morgan fingerprint density at radius 3 is 3.00 bits per heavy atom. The molecule has 0 spiro atoms. The molecule has 0 aromatic carbocycles. The van der Waals surface area contributed by atoms with Crippen LogP contribution in [0.25, 0.3) is 11.0 Å². The van der Waals surface area contributed by atoms with Crippen molar-refractivity contribution in [2.45, 2.75) is 5.92 Å². The van der Waals surface area contributed by atoms with Gasteiger partial charge in [-0.15, -0.1) is 5.10 Å². The molecule has 1 aliphatic rings. The minimum Gasteiger partial charge on any atom is -0.345 e. The van der Waals surface area contributed by atoms with Crippen LogP contribution in [0.4, 0.5) is 0 Å². The number of aromatic amines is 1. The van der Waals surface area contributed by atoms with Crippen molar-refractivity contribution >= 4 is 11.0 Å². The zero-order valence-corrected chi connectivity index (χ0v) is 7.62. The fraction of sp³-hybridized carbons (Fsp3) is 0.333. The lowest BCUT2D eigenvalue weighted by atomic mass is 10.0. The largest absolute Gasteiger partial charge is 0.345 e. The third-order valence-corrected chi connectivity index (χ3v) is 2.65. The first-order valence-corrected chi connectivity index (χ1v) is 4.69. The first-order valence-electron chi connectivity index (χ1n) is 4.69. The minimum atomic E-state index is 0.490. The summed E-state index contributed by atoms with van der Waals surface area (Å²) in [6.45, 7) is 1.90. The smallest absolute Gasteiger partial charge is 0.160 e. The third kappa shape index (κ3) is 1.10. The van der Waals surface area contributed by atoms with Gasteiger partial charge in [0.2, 0.25) is 0 Å². The summed E-state index contributed by atoms with van der Waals surface area (Å²) in [5.41, 5.74) is 8.37. The van der Waals surface area contributed by atoms with Gasteiger partial charge in [0.05, 0.1) is 6.20 Å². The molecular weight excluding hydrogens is 178 g/mol. The Hall–Kier alpha value is -1.46. The molecule has 0 radical (unpaired) electrons. The second-order valence-electron chi connectivity index (χ2n) is 3.50. The van der Waals surface area contributed by atoms with Crippen LogP contribution in [0.2, 0.25) is 0 Å². The van der Waals surface area contributed by atoms with E-state index in [1.54, 1.807) is 0 Å². The normalized spacial score (nSPS) is 18.0. The van der Waals surface area contributed by atoms with Crippen molar-refractivity contribution in [3.05, 3.63) is 24.0 Å². The maximum atomic E-state index is 4.03. The molecule has 3 rings (SSSR count). The Morgan fingerprint density at radius 1 is 1.29 bits per heavy atom. The summed E-state index contributed by atoms with van der Waals surface area (Å²) in [7, 11) is 0. The number of rotatable bonds is 1. The molecule has 3 N–H and O–H groups in total. The molecule has 72 valence electrons. The van der Waals surface area contributed by atoms with Crippen LogP contribution in [0.1, 0.15) is 11.5 Å². The fourth-order valence-electron chi connectivity index (χ4n) is 1.90. The van der Waals surface area contributed by atoms with E-state index in [1.165, 1.54) is 10.9 Å². The average Bonchev–Trinajstić information content (AvgIpc) is 2.88. The first kappa shape index (κ1) is 7.90. The van der Waals surface area contributed by atoms with E-state index in [1.807, 2.05) is 12.4 Å². The van der Waals surface area contributed by atoms with E-state index >= 15 is 0 Å². The summed E-state index contributed by atoms with van der Waals surface area (Å²) in [5.74, 6) is 0.490. The van der Waals surface area contributed by atoms with Gasteiger partial charge in [-0.1, -0.05) is 0 Å². The van der Waals surface area contributed by atoms with Gasteiger partial charge in [0.1, 0.15) is 0 Å². The summed E-state index contributed by atoms with van der Waals surface area (Å²) >= 11 is 0. The molecule has 0 saturated carbocycles. The second kappa shape index (κ2) is 3.04. The summed E-state index contributed by atoms with van der Waals surface area (Å²) in [6, 6.07) is 2.05. The van der Waals surface area contributed by atoms with Crippen LogP contribution in [0.5, 0.6) is 0 Å². The van der Waals surface area contributed by atoms with Gasteiger partial charge < -0.3 is 4.98 Å². The van der Waals surface area contributed by atoms with Gasteiger partial charge in [-0.05, 0) is 11.6 Å². The lowest BCUT2D eigenvalue weighted by Crippen LogP contribution is -2.21. The predicted molar refractivity (Wildman–Crippen MR) is 52.6 cm³/mol. The first-order chi connectivity index (χ1) is 6.95. The Morgan fingerprint density at radius 2 is 2.14 bits per heavy atom. The molecule has 1 saturated heterocycles.